The van der Waals surface area contributed by atoms with Crippen LogP contribution in [0.5, 0.6) is 0 Å². The first-order valence-electron chi connectivity index (χ1n) is 6.43. The highest BCUT2D eigenvalue weighted by molar-refractivity contribution is 9.10. The van der Waals surface area contributed by atoms with Crippen LogP contribution in [0.1, 0.15) is 17.3 Å². The number of rotatable bonds is 2. The van der Waals surface area contributed by atoms with Crippen LogP contribution in [-0.4, -0.2) is 11.5 Å². The Morgan fingerprint density at radius 1 is 1.32 bits per heavy atom. The van der Waals surface area contributed by atoms with Crippen molar-refractivity contribution in [2.45, 2.75) is 12.5 Å². The Bertz CT molecular complexity index is 571. The van der Waals surface area contributed by atoms with Gasteiger partial charge >= 0.3 is 0 Å². The Balaban J connectivity index is 1.80. The standard InChI is InChI=1S/C15H16BrN3/c16-12-7-14-13(19-9-12)6-11(8-18-14)15(17)10-4-2-1-3-5-10/h1-5,7,9,11,15,18H,6,8,17H2/t11-,15-/m1/s1. The van der Waals surface area contributed by atoms with Crippen LogP contribution < -0.4 is 11.1 Å². The molecule has 4 heteroatoms. The minimum absolute atomic E-state index is 0.0484. The van der Waals surface area contributed by atoms with E-state index in [2.05, 4.69) is 44.4 Å². The Morgan fingerprint density at radius 3 is 2.89 bits per heavy atom. The molecule has 1 aromatic carbocycles. The molecule has 3 rings (SSSR count). The molecule has 2 atom stereocenters. The lowest BCUT2D eigenvalue weighted by Gasteiger charge is -2.30. The van der Waals surface area contributed by atoms with E-state index < -0.39 is 0 Å². The number of aromatic nitrogens is 1. The lowest BCUT2D eigenvalue weighted by Crippen LogP contribution is -2.33. The molecule has 0 amide bonds. The first kappa shape index (κ1) is 12.6. The minimum atomic E-state index is 0.0484. The number of anilines is 1. The highest BCUT2D eigenvalue weighted by Crippen LogP contribution is 2.31. The second-order valence-corrected chi connectivity index (χ2v) is 5.85. The molecular weight excluding hydrogens is 302 g/mol. The number of halogens is 1. The van der Waals surface area contributed by atoms with E-state index in [1.54, 1.807) is 0 Å². The summed E-state index contributed by atoms with van der Waals surface area (Å²) in [5, 5.41) is 3.43. The first-order chi connectivity index (χ1) is 9.24. The van der Waals surface area contributed by atoms with Gasteiger partial charge in [-0.2, -0.15) is 0 Å². The average molecular weight is 318 g/mol. The van der Waals surface area contributed by atoms with Crippen LogP contribution in [0, 0.1) is 5.92 Å². The second-order valence-electron chi connectivity index (χ2n) is 4.93. The van der Waals surface area contributed by atoms with E-state index >= 15 is 0 Å². The fraction of sp³-hybridized carbons (Fsp3) is 0.267. The quantitative estimate of drug-likeness (QED) is 0.894. The molecule has 0 aliphatic carbocycles. The number of pyridine rings is 1. The highest BCUT2D eigenvalue weighted by atomic mass is 79.9. The summed E-state index contributed by atoms with van der Waals surface area (Å²) in [6, 6.07) is 12.4. The van der Waals surface area contributed by atoms with Crippen molar-refractivity contribution in [1.29, 1.82) is 0 Å². The molecule has 1 aromatic heterocycles. The number of hydrogen-bond acceptors (Lipinski definition) is 3. The van der Waals surface area contributed by atoms with E-state index in [0.29, 0.717) is 5.92 Å². The van der Waals surface area contributed by atoms with Crippen molar-refractivity contribution >= 4 is 21.6 Å². The van der Waals surface area contributed by atoms with Gasteiger partial charge in [-0.05, 0) is 34.0 Å². The van der Waals surface area contributed by atoms with Crippen LogP contribution >= 0.6 is 15.9 Å². The van der Waals surface area contributed by atoms with Gasteiger partial charge in [-0.15, -0.1) is 0 Å². The van der Waals surface area contributed by atoms with Gasteiger partial charge in [-0.1, -0.05) is 30.3 Å². The average Bonchev–Trinajstić information content (AvgIpc) is 2.47. The molecular formula is C15H16BrN3. The van der Waals surface area contributed by atoms with Gasteiger partial charge < -0.3 is 11.1 Å². The van der Waals surface area contributed by atoms with Gasteiger partial charge in [-0.3, -0.25) is 4.98 Å². The van der Waals surface area contributed by atoms with Crippen molar-refractivity contribution in [3.63, 3.8) is 0 Å². The molecule has 19 heavy (non-hydrogen) atoms. The smallest absolute Gasteiger partial charge is 0.0639 e. The van der Waals surface area contributed by atoms with Crippen molar-refractivity contribution in [3.05, 3.63) is 58.3 Å². The van der Waals surface area contributed by atoms with E-state index in [1.807, 2.05) is 24.4 Å². The van der Waals surface area contributed by atoms with Crippen molar-refractivity contribution in [2.24, 2.45) is 11.7 Å². The molecule has 1 aliphatic rings. The summed E-state index contributed by atoms with van der Waals surface area (Å²) in [7, 11) is 0. The van der Waals surface area contributed by atoms with Crippen molar-refractivity contribution < 1.29 is 0 Å². The number of fused-ring (bicyclic) bond motifs is 1. The molecule has 0 unspecified atom stereocenters. The summed E-state index contributed by atoms with van der Waals surface area (Å²) in [4.78, 5) is 4.48. The summed E-state index contributed by atoms with van der Waals surface area (Å²) in [5.74, 6) is 0.378. The number of benzene rings is 1. The van der Waals surface area contributed by atoms with Crippen molar-refractivity contribution in [3.8, 4) is 0 Å². The zero-order valence-electron chi connectivity index (χ0n) is 10.5. The van der Waals surface area contributed by atoms with Crippen LogP contribution in [-0.2, 0) is 6.42 Å². The normalized spacial score (nSPS) is 19.4. The molecule has 98 valence electrons. The van der Waals surface area contributed by atoms with Crippen LogP contribution in [0.4, 0.5) is 5.69 Å². The van der Waals surface area contributed by atoms with Gasteiger partial charge in [0.15, 0.2) is 0 Å². The van der Waals surface area contributed by atoms with E-state index in [1.165, 1.54) is 5.56 Å². The highest BCUT2D eigenvalue weighted by Gasteiger charge is 2.25. The number of nitrogens with one attached hydrogen (secondary N) is 1. The third-order valence-corrected chi connectivity index (χ3v) is 4.07. The molecule has 0 fully saturated rings. The number of nitrogens with two attached hydrogens (primary N) is 1. The van der Waals surface area contributed by atoms with Gasteiger partial charge in [0.2, 0.25) is 0 Å². The molecule has 3 N–H and O–H groups in total. The van der Waals surface area contributed by atoms with Gasteiger partial charge in [0, 0.05) is 29.2 Å². The van der Waals surface area contributed by atoms with Crippen molar-refractivity contribution in [1.82, 2.24) is 4.98 Å². The van der Waals surface area contributed by atoms with Crippen LogP contribution in [0.15, 0.2) is 47.1 Å². The maximum atomic E-state index is 6.38. The van der Waals surface area contributed by atoms with E-state index in [4.69, 9.17) is 5.73 Å². The maximum Gasteiger partial charge on any atom is 0.0639 e. The molecule has 0 spiro atoms. The van der Waals surface area contributed by atoms with Crippen molar-refractivity contribution in [2.75, 3.05) is 11.9 Å². The summed E-state index contributed by atoms with van der Waals surface area (Å²) in [5.41, 5.74) is 9.79. The maximum absolute atomic E-state index is 6.38. The largest absolute Gasteiger partial charge is 0.383 e. The number of nitrogens with zero attached hydrogens (tertiary/aromatic N) is 1. The lowest BCUT2D eigenvalue weighted by atomic mass is 9.87. The predicted octanol–water partition coefficient (Wildman–Crippen LogP) is 3.13. The fourth-order valence-electron chi connectivity index (χ4n) is 2.55. The monoisotopic (exact) mass is 317 g/mol. The molecule has 1 aliphatic heterocycles. The Hall–Kier alpha value is -1.39. The Morgan fingerprint density at radius 2 is 2.11 bits per heavy atom. The second kappa shape index (κ2) is 5.31. The van der Waals surface area contributed by atoms with E-state index in [-0.39, 0.29) is 6.04 Å². The minimum Gasteiger partial charge on any atom is -0.383 e. The molecule has 0 saturated heterocycles. The molecule has 0 bridgehead atoms. The molecule has 0 saturated carbocycles. The van der Waals surface area contributed by atoms with Gasteiger partial charge in [0.05, 0.1) is 11.4 Å². The number of hydrogen-bond donors (Lipinski definition) is 2. The summed E-state index contributed by atoms with van der Waals surface area (Å²) in [6.45, 7) is 0.890. The van der Waals surface area contributed by atoms with Crippen LogP contribution in [0.25, 0.3) is 0 Å². The summed E-state index contributed by atoms with van der Waals surface area (Å²) >= 11 is 3.44. The Labute approximate surface area is 121 Å². The first-order valence-corrected chi connectivity index (χ1v) is 7.22. The molecule has 3 nitrogen and oxygen atoms in total. The van der Waals surface area contributed by atoms with Gasteiger partial charge in [0.25, 0.3) is 0 Å². The van der Waals surface area contributed by atoms with E-state index in [9.17, 15) is 0 Å². The third kappa shape index (κ3) is 2.65. The fourth-order valence-corrected chi connectivity index (χ4v) is 2.88. The predicted molar refractivity (Wildman–Crippen MR) is 81.0 cm³/mol. The summed E-state index contributed by atoms with van der Waals surface area (Å²) < 4.78 is 1.00. The SMILES string of the molecule is N[C@H](c1ccccc1)[C@H]1CNc2cc(Br)cnc2C1. The zero-order chi connectivity index (χ0) is 13.2. The van der Waals surface area contributed by atoms with E-state index in [0.717, 1.165) is 28.8 Å². The molecule has 0 radical (unpaired) electrons. The molecule has 2 aromatic rings. The molecule has 2 heterocycles. The van der Waals surface area contributed by atoms with Crippen LogP contribution in [0.2, 0.25) is 0 Å². The lowest BCUT2D eigenvalue weighted by molar-refractivity contribution is 0.435. The van der Waals surface area contributed by atoms with Gasteiger partial charge in [-0.25, -0.2) is 0 Å². The Kier molecular flexibility index (Phi) is 3.53. The zero-order valence-corrected chi connectivity index (χ0v) is 12.1. The topological polar surface area (TPSA) is 50.9 Å². The van der Waals surface area contributed by atoms with Crippen LogP contribution in [0.3, 0.4) is 0 Å². The third-order valence-electron chi connectivity index (χ3n) is 3.64. The summed E-state index contributed by atoms with van der Waals surface area (Å²) in [6.07, 6.45) is 2.77. The van der Waals surface area contributed by atoms with Gasteiger partial charge in [0.1, 0.15) is 0 Å².